The Labute approximate surface area is 233 Å². The SMILES string of the molecule is CCCCC1=Nc2cc(C#C[Si](C)(C)C)c3c4c(cc(C#C[Si](C)(C)C)c(c24)[Se]1)N=C(CCCC)[Se]3. The molecule has 2 aromatic rings. The maximum atomic E-state index is 5.27. The zero-order valence-electron chi connectivity index (χ0n) is 23.1. The number of unbranched alkanes of at least 4 members (excludes halogenated alkanes) is 2. The van der Waals surface area contributed by atoms with Gasteiger partial charge < -0.3 is 0 Å². The van der Waals surface area contributed by atoms with E-state index < -0.39 is 16.1 Å². The molecule has 2 nitrogen and oxygen atoms in total. The molecule has 2 aliphatic rings. The van der Waals surface area contributed by atoms with E-state index in [2.05, 4.69) is 88.2 Å². The van der Waals surface area contributed by atoms with E-state index in [4.69, 9.17) is 9.98 Å². The average molecular weight is 641 g/mol. The standard InChI is InChI=1S/C30H38N2Se2Si2/c1-9-11-13-25-31-23-19-22(16-18-36(6,7)8)30-28-24(32-26(34-30)14-12-10-2)20-21(15-17-35(3,4)5)29(33-25)27(23)28/h19-20H,9-14H2,1-8H3. The van der Waals surface area contributed by atoms with Gasteiger partial charge in [-0.1, -0.05) is 0 Å². The Morgan fingerprint density at radius 2 is 1.06 bits per heavy atom. The number of benzene rings is 2. The summed E-state index contributed by atoms with van der Waals surface area (Å²) in [5.41, 5.74) is 11.9. The van der Waals surface area contributed by atoms with E-state index in [0.29, 0.717) is 0 Å². The predicted molar refractivity (Wildman–Crippen MR) is 168 cm³/mol. The Morgan fingerprint density at radius 1 is 0.667 bits per heavy atom. The number of aliphatic imine (C=N–C) groups is 2. The molecular weight excluding hydrogens is 602 g/mol. The second-order valence-corrected chi connectivity index (χ2v) is 25.8. The van der Waals surface area contributed by atoms with Crippen molar-refractivity contribution in [2.45, 2.75) is 91.7 Å². The van der Waals surface area contributed by atoms with Gasteiger partial charge >= 0.3 is 234 Å². The first-order valence-corrected chi connectivity index (χ1v) is 23.7. The predicted octanol–water partition coefficient (Wildman–Crippen LogP) is 6.42. The number of hydrogen-bond acceptors (Lipinski definition) is 2. The molecule has 0 spiro atoms. The van der Waals surface area contributed by atoms with Gasteiger partial charge in [-0.05, 0) is 0 Å². The fourth-order valence-electron chi connectivity index (χ4n) is 4.04. The molecule has 2 aliphatic heterocycles. The summed E-state index contributed by atoms with van der Waals surface area (Å²) in [7, 11) is -3.00. The number of nitrogens with zero attached hydrogens (tertiary/aromatic N) is 2. The van der Waals surface area contributed by atoms with Crippen molar-refractivity contribution in [1.29, 1.82) is 0 Å². The van der Waals surface area contributed by atoms with Crippen LogP contribution >= 0.6 is 0 Å². The van der Waals surface area contributed by atoms with Crippen molar-refractivity contribution < 1.29 is 0 Å². The Bertz CT molecular complexity index is 1280. The first-order valence-electron chi connectivity index (χ1n) is 13.2. The molecule has 2 aromatic carbocycles. The molecule has 0 fully saturated rings. The normalized spacial score (nSPS) is 14.4. The van der Waals surface area contributed by atoms with E-state index in [0.717, 1.165) is 24.2 Å². The molecule has 36 heavy (non-hydrogen) atoms. The summed E-state index contributed by atoms with van der Waals surface area (Å²) in [5.74, 6) is 7.31. The van der Waals surface area contributed by atoms with Gasteiger partial charge in [-0.3, -0.25) is 0 Å². The Hall–Kier alpha value is -1.37. The van der Waals surface area contributed by atoms with Crippen molar-refractivity contribution in [2.75, 3.05) is 0 Å². The van der Waals surface area contributed by atoms with Crippen LogP contribution in [-0.4, -0.2) is 55.3 Å². The van der Waals surface area contributed by atoms with Crippen LogP contribution < -0.4 is 8.92 Å². The van der Waals surface area contributed by atoms with Crippen molar-refractivity contribution in [3.05, 3.63) is 23.3 Å². The van der Waals surface area contributed by atoms with Crippen LogP contribution in [0.4, 0.5) is 11.4 Å². The summed E-state index contributed by atoms with van der Waals surface area (Å²) in [6.45, 7) is 18.5. The molecule has 0 amide bonds. The van der Waals surface area contributed by atoms with Gasteiger partial charge in [-0.25, -0.2) is 0 Å². The van der Waals surface area contributed by atoms with E-state index in [1.54, 1.807) is 0 Å². The van der Waals surface area contributed by atoms with Gasteiger partial charge in [0.2, 0.25) is 0 Å². The van der Waals surface area contributed by atoms with Crippen LogP contribution in [0.3, 0.4) is 0 Å². The fraction of sp³-hybridized carbons (Fsp3) is 0.467. The maximum absolute atomic E-state index is 5.27. The van der Waals surface area contributed by atoms with Gasteiger partial charge in [0.15, 0.2) is 0 Å². The molecule has 0 saturated carbocycles. The molecule has 0 saturated heterocycles. The van der Waals surface area contributed by atoms with Gasteiger partial charge in [0.1, 0.15) is 0 Å². The van der Waals surface area contributed by atoms with Crippen molar-refractivity contribution >= 4 is 86.4 Å². The quantitative estimate of drug-likeness (QED) is 0.257. The Morgan fingerprint density at radius 3 is 1.39 bits per heavy atom. The Kier molecular flexibility index (Phi) is 8.58. The van der Waals surface area contributed by atoms with E-state index in [1.807, 2.05) is 0 Å². The van der Waals surface area contributed by atoms with Crippen LogP contribution in [0.5, 0.6) is 0 Å². The third-order valence-corrected chi connectivity index (χ3v) is 12.4. The molecule has 6 heteroatoms. The molecule has 0 bridgehead atoms. The average Bonchev–Trinajstić information content (AvgIpc) is 2.80. The Balaban J connectivity index is 2.04. The van der Waals surface area contributed by atoms with Crippen LogP contribution in [0.2, 0.25) is 39.3 Å². The summed E-state index contributed by atoms with van der Waals surface area (Å²) >= 11 is 0.429. The molecule has 4 rings (SSSR count). The van der Waals surface area contributed by atoms with E-state index >= 15 is 0 Å². The van der Waals surface area contributed by atoms with Gasteiger partial charge in [0.05, 0.1) is 0 Å². The molecule has 188 valence electrons. The molecule has 0 atom stereocenters. The van der Waals surface area contributed by atoms with Gasteiger partial charge in [0.25, 0.3) is 0 Å². The van der Waals surface area contributed by atoms with Crippen molar-refractivity contribution in [3.8, 4) is 22.9 Å². The van der Waals surface area contributed by atoms with Crippen molar-refractivity contribution in [3.63, 3.8) is 0 Å². The van der Waals surface area contributed by atoms with Crippen LogP contribution in [0.25, 0.3) is 10.8 Å². The van der Waals surface area contributed by atoms with Gasteiger partial charge in [-0.2, -0.15) is 0 Å². The summed E-state index contributed by atoms with van der Waals surface area (Å²) < 4.78 is 5.59. The van der Waals surface area contributed by atoms with Crippen LogP contribution in [0.15, 0.2) is 22.1 Å². The molecule has 0 unspecified atom stereocenters. The first kappa shape index (κ1) is 27.7. The van der Waals surface area contributed by atoms with Gasteiger partial charge in [0, 0.05) is 0 Å². The molecule has 0 radical (unpaired) electrons. The van der Waals surface area contributed by atoms with E-state index in [-0.39, 0.29) is 29.9 Å². The molecule has 0 aliphatic carbocycles. The third-order valence-electron chi connectivity index (χ3n) is 5.83. The van der Waals surface area contributed by atoms with E-state index in [9.17, 15) is 0 Å². The summed E-state index contributed by atoms with van der Waals surface area (Å²) in [6, 6.07) is 4.64. The third kappa shape index (κ3) is 6.55. The topological polar surface area (TPSA) is 24.7 Å². The van der Waals surface area contributed by atoms with E-state index in [1.165, 1.54) is 65.7 Å². The molecular formula is C30H38N2Se2Si2. The van der Waals surface area contributed by atoms with Crippen molar-refractivity contribution in [1.82, 2.24) is 0 Å². The molecule has 2 heterocycles. The molecule has 0 N–H and O–H groups in total. The van der Waals surface area contributed by atoms with Gasteiger partial charge in [-0.15, -0.1) is 0 Å². The first-order chi connectivity index (χ1) is 17.0. The fourth-order valence-corrected chi connectivity index (χ4v) is 9.90. The number of hydrogen-bond donors (Lipinski definition) is 0. The monoisotopic (exact) mass is 642 g/mol. The summed E-state index contributed by atoms with van der Waals surface area (Å²) in [5, 5.41) is 2.67. The van der Waals surface area contributed by atoms with Crippen LogP contribution in [0, 0.1) is 22.9 Å². The second-order valence-electron chi connectivity index (χ2n) is 11.7. The second kappa shape index (κ2) is 11.2. The summed E-state index contributed by atoms with van der Waals surface area (Å²) in [6.07, 6.45) is 6.95. The van der Waals surface area contributed by atoms with Crippen LogP contribution in [0.1, 0.15) is 63.5 Å². The van der Waals surface area contributed by atoms with Crippen LogP contribution in [-0.2, 0) is 0 Å². The zero-order valence-corrected chi connectivity index (χ0v) is 28.5. The zero-order chi connectivity index (χ0) is 26.1. The summed E-state index contributed by atoms with van der Waals surface area (Å²) in [4.78, 5) is 10.5. The molecule has 0 aromatic heterocycles. The minimum absolute atomic E-state index is 0.214. The number of rotatable bonds is 6. The van der Waals surface area contributed by atoms with Crippen molar-refractivity contribution in [2.24, 2.45) is 9.98 Å². The minimum atomic E-state index is -1.50.